The first kappa shape index (κ1) is 12.1. The molecule has 3 heteroatoms. The summed E-state index contributed by atoms with van der Waals surface area (Å²) in [7, 11) is 0. The zero-order valence-corrected chi connectivity index (χ0v) is 11.2. The number of hydrogen-bond acceptors (Lipinski definition) is 2. The van der Waals surface area contributed by atoms with Crippen LogP contribution in [0, 0.1) is 0 Å². The van der Waals surface area contributed by atoms with Crippen molar-refractivity contribution < 1.29 is 0 Å². The Hall–Kier alpha value is -0.410. The highest BCUT2D eigenvalue weighted by Gasteiger charge is 2.12. The molecule has 2 nitrogen and oxygen atoms in total. The molecular weight excluding hydrogens is 264 g/mol. The second-order valence-corrected chi connectivity index (χ2v) is 5.36. The normalized spacial score (nSPS) is 18.3. The topological polar surface area (TPSA) is 24.9 Å². The first-order valence-corrected chi connectivity index (χ1v) is 6.98. The molecule has 1 N–H and O–H groups in total. The van der Waals surface area contributed by atoms with Crippen molar-refractivity contribution in [1.82, 2.24) is 10.3 Å². The lowest BCUT2D eigenvalue weighted by Crippen LogP contribution is -2.28. The third kappa shape index (κ3) is 3.56. The highest BCUT2D eigenvalue weighted by molar-refractivity contribution is 9.10. The number of hydrogen-bond donors (Lipinski definition) is 1. The first-order chi connectivity index (χ1) is 7.86. The van der Waals surface area contributed by atoms with Gasteiger partial charge in [0.15, 0.2) is 0 Å². The summed E-state index contributed by atoms with van der Waals surface area (Å²) >= 11 is 3.53. The van der Waals surface area contributed by atoms with E-state index in [0.717, 1.165) is 16.7 Å². The highest BCUT2D eigenvalue weighted by Crippen LogP contribution is 2.18. The van der Waals surface area contributed by atoms with Crippen LogP contribution in [0.3, 0.4) is 0 Å². The number of nitrogens with one attached hydrogen (secondary N) is 1. The first-order valence-electron chi connectivity index (χ1n) is 6.19. The van der Waals surface area contributed by atoms with Crippen LogP contribution in [-0.2, 0) is 6.54 Å². The summed E-state index contributed by atoms with van der Waals surface area (Å²) in [6.45, 7) is 0.881. The molecule has 1 aromatic heterocycles. The molecule has 1 aliphatic carbocycles. The van der Waals surface area contributed by atoms with Crippen molar-refractivity contribution >= 4 is 15.9 Å². The summed E-state index contributed by atoms with van der Waals surface area (Å²) in [5.74, 6) is 0. The molecule has 1 heterocycles. The van der Waals surface area contributed by atoms with Gasteiger partial charge in [-0.05, 0) is 40.9 Å². The van der Waals surface area contributed by atoms with E-state index in [1.165, 1.54) is 38.5 Å². The standard InChI is InChI=1S/C13H19BrN2/c14-12-8-5-9-15-13(12)10-16-11-6-3-1-2-4-7-11/h5,8-9,11,16H,1-4,6-7,10H2. The molecule has 16 heavy (non-hydrogen) atoms. The van der Waals surface area contributed by atoms with Crippen LogP contribution >= 0.6 is 15.9 Å². The van der Waals surface area contributed by atoms with Crippen LogP contribution in [-0.4, -0.2) is 11.0 Å². The SMILES string of the molecule is Brc1cccnc1CNC1CCCCCC1. The van der Waals surface area contributed by atoms with E-state index in [1.54, 1.807) is 0 Å². The zero-order valence-electron chi connectivity index (χ0n) is 9.58. The van der Waals surface area contributed by atoms with Gasteiger partial charge in [-0.2, -0.15) is 0 Å². The van der Waals surface area contributed by atoms with Crippen molar-refractivity contribution in [3.63, 3.8) is 0 Å². The summed E-state index contributed by atoms with van der Waals surface area (Å²) in [6, 6.07) is 4.70. The van der Waals surface area contributed by atoms with Crippen LogP contribution in [0.2, 0.25) is 0 Å². The van der Waals surface area contributed by atoms with Crippen LogP contribution in [0.5, 0.6) is 0 Å². The van der Waals surface area contributed by atoms with E-state index >= 15 is 0 Å². The van der Waals surface area contributed by atoms with E-state index in [1.807, 2.05) is 12.3 Å². The average Bonchev–Trinajstić information content (AvgIpc) is 2.56. The minimum atomic E-state index is 0.691. The maximum atomic E-state index is 4.38. The Labute approximate surface area is 106 Å². The summed E-state index contributed by atoms with van der Waals surface area (Å²) in [5.41, 5.74) is 1.12. The Morgan fingerprint density at radius 1 is 1.25 bits per heavy atom. The van der Waals surface area contributed by atoms with Crippen LogP contribution < -0.4 is 5.32 Å². The van der Waals surface area contributed by atoms with Crippen LogP contribution in [0.15, 0.2) is 22.8 Å². The van der Waals surface area contributed by atoms with Gasteiger partial charge in [0.25, 0.3) is 0 Å². The van der Waals surface area contributed by atoms with Gasteiger partial charge in [0.1, 0.15) is 0 Å². The second kappa shape index (κ2) is 6.36. The minimum absolute atomic E-state index is 0.691. The fourth-order valence-electron chi connectivity index (χ4n) is 2.27. The zero-order chi connectivity index (χ0) is 11.2. The molecule has 1 fully saturated rings. The monoisotopic (exact) mass is 282 g/mol. The van der Waals surface area contributed by atoms with E-state index in [9.17, 15) is 0 Å². The molecular formula is C13H19BrN2. The summed E-state index contributed by atoms with van der Waals surface area (Å²) in [6.07, 6.45) is 10.1. The van der Waals surface area contributed by atoms with Gasteiger partial charge in [-0.1, -0.05) is 25.7 Å². The fourth-order valence-corrected chi connectivity index (χ4v) is 2.67. The van der Waals surface area contributed by atoms with Crippen molar-refractivity contribution in [2.24, 2.45) is 0 Å². The lowest BCUT2D eigenvalue weighted by molar-refractivity contribution is 0.455. The van der Waals surface area contributed by atoms with Crippen LogP contribution in [0.1, 0.15) is 44.2 Å². The Kier molecular flexibility index (Phi) is 4.79. The molecule has 1 saturated carbocycles. The van der Waals surface area contributed by atoms with Crippen molar-refractivity contribution in [2.45, 2.75) is 51.1 Å². The molecule has 0 radical (unpaired) electrons. The van der Waals surface area contributed by atoms with Crippen molar-refractivity contribution in [3.05, 3.63) is 28.5 Å². The van der Waals surface area contributed by atoms with E-state index in [0.29, 0.717) is 6.04 Å². The Balaban J connectivity index is 1.84. The van der Waals surface area contributed by atoms with E-state index in [2.05, 4.69) is 32.3 Å². The Bertz CT molecular complexity index is 319. The van der Waals surface area contributed by atoms with Crippen LogP contribution in [0.4, 0.5) is 0 Å². The minimum Gasteiger partial charge on any atom is -0.308 e. The lowest BCUT2D eigenvalue weighted by Gasteiger charge is -2.16. The predicted octanol–water partition coefficient (Wildman–Crippen LogP) is 3.66. The summed E-state index contributed by atoms with van der Waals surface area (Å²) in [5, 5.41) is 3.63. The molecule has 0 amide bonds. The molecule has 0 saturated heterocycles. The quantitative estimate of drug-likeness (QED) is 0.856. The molecule has 0 atom stereocenters. The third-order valence-electron chi connectivity index (χ3n) is 3.25. The maximum Gasteiger partial charge on any atom is 0.0683 e. The van der Waals surface area contributed by atoms with Gasteiger partial charge in [-0.25, -0.2) is 0 Å². The number of nitrogens with zero attached hydrogens (tertiary/aromatic N) is 1. The molecule has 0 bridgehead atoms. The molecule has 0 unspecified atom stereocenters. The number of rotatable bonds is 3. The smallest absolute Gasteiger partial charge is 0.0683 e. The van der Waals surface area contributed by atoms with Gasteiger partial charge in [-0.3, -0.25) is 4.98 Å². The lowest BCUT2D eigenvalue weighted by atomic mass is 10.1. The predicted molar refractivity (Wildman–Crippen MR) is 70.3 cm³/mol. The van der Waals surface area contributed by atoms with Crippen LogP contribution in [0.25, 0.3) is 0 Å². The molecule has 2 rings (SSSR count). The molecule has 0 spiro atoms. The van der Waals surface area contributed by atoms with E-state index in [4.69, 9.17) is 0 Å². The third-order valence-corrected chi connectivity index (χ3v) is 3.97. The Morgan fingerprint density at radius 3 is 2.69 bits per heavy atom. The largest absolute Gasteiger partial charge is 0.308 e. The van der Waals surface area contributed by atoms with Gasteiger partial charge in [0, 0.05) is 23.3 Å². The van der Waals surface area contributed by atoms with Gasteiger partial charge >= 0.3 is 0 Å². The van der Waals surface area contributed by atoms with Gasteiger partial charge in [0.05, 0.1) is 5.69 Å². The molecule has 0 aromatic carbocycles. The number of aromatic nitrogens is 1. The second-order valence-electron chi connectivity index (χ2n) is 4.50. The van der Waals surface area contributed by atoms with Gasteiger partial charge in [0.2, 0.25) is 0 Å². The Morgan fingerprint density at radius 2 is 2.00 bits per heavy atom. The van der Waals surface area contributed by atoms with E-state index < -0.39 is 0 Å². The fraction of sp³-hybridized carbons (Fsp3) is 0.615. The average molecular weight is 283 g/mol. The summed E-state index contributed by atoms with van der Waals surface area (Å²) in [4.78, 5) is 4.38. The molecule has 88 valence electrons. The molecule has 0 aliphatic heterocycles. The van der Waals surface area contributed by atoms with Crippen molar-refractivity contribution in [1.29, 1.82) is 0 Å². The van der Waals surface area contributed by atoms with Gasteiger partial charge < -0.3 is 5.32 Å². The molecule has 1 aliphatic rings. The maximum absolute atomic E-state index is 4.38. The molecule has 1 aromatic rings. The van der Waals surface area contributed by atoms with Gasteiger partial charge in [-0.15, -0.1) is 0 Å². The van der Waals surface area contributed by atoms with E-state index in [-0.39, 0.29) is 0 Å². The number of pyridine rings is 1. The van der Waals surface area contributed by atoms with Crippen molar-refractivity contribution in [2.75, 3.05) is 0 Å². The number of halogens is 1. The summed E-state index contributed by atoms with van der Waals surface area (Å²) < 4.78 is 1.11. The highest BCUT2D eigenvalue weighted by atomic mass is 79.9. The van der Waals surface area contributed by atoms with Crippen molar-refractivity contribution in [3.8, 4) is 0 Å².